The van der Waals surface area contributed by atoms with E-state index in [2.05, 4.69) is 22.5 Å². The van der Waals surface area contributed by atoms with E-state index in [1.54, 1.807) is 0 Å². The van der Waals surface area contributed by atoms with E-state index in [0.29, 0.717) is 18.0 Å². The Hall–Kier alpha value is -1.55. The van der Waals surface area contributed by atoms with Gasteiger partial charge in [-0.3, -0.25) is 0 Å². The summed E-state index contributed by atoms with van der Waals surface area (Å²) in [7, 11) is 0. The van der Waals surface area contributed by atoms with Crippen LogP contribution in [0.25, 0.3) is 11.0 Å². The molecule has 1 aliphatic rings. The summed E-state index contributed by atoms with van der Waals surface area (Å²) in [6.07, 6.45) is 1.42. The van der Waals surface area contributed by atoms with Gasteiger partial charge in [0.25, 0.3) is 0 Å². The quantitative estimate of drug-likeness (QED) is 0.860. The van der Waals surface area contributed by atoms with E-state index in [0.717, 1.165) is 30.6 Å². The molecule has 2 unspecified atom stereocenters. The zero-order valence-electron chi connectivity index (χ0n) is 9.97. The van der Waals surface area contributed by atoms with Gasteiger partial charge >= 0.3 is 0 Å². The van der Waals surface area contributed by atoms with Crippen LogP contribution in [0.4, 0.5) is 5.95 Å². The Morgan fingerprint density at radius 1 is 1.47 bits per heavy atom. The number of aromatic nitrogens is 2. The summed E-state index contributed by atoms with van der Waals surface area (Å²) in [5, 5.41) is 0. The second-order valence-corrected chi connectivity index (χ2v) is 4.69. The van der Waals surface area contributed by atoms with Gasteiger partial charge in [-0.1, -0.05) is 12.1 Å². The summed E-state index contributed by atoms with van der Waals surface area (Å²) >= 11 is 0. The highest BCUT2D eigenvalue weighted by molar-refractivity contribution is 5.78. The van der Waals surface area contributed by atoms with Crippen LogP contribution in [-0.2, 0) is 11.3 Å². The van der Waals surface area contributed by atoms with Gasteiger partial charge in [0, 0.05) is 19.1 Å². The van der Waals surface area contributed by atoms with E-state index >= 15 is 0 Å². The standard InChI is InChI=1S/C13H17N3O/c1-9-10(6-7-17-9)8-16-12-5-3-2-4-11(12)15-13(16)14/h2-5,9-10H,6-8H2,1H3,(H2,14,15). The van der Waals surface area contributed by atoms with E-state index in [-0.39, 0.29) is 0 Å². The number of nitrogens with two attached hydrogens (primary N) is 1. The van der Waals surface area contributed by atoms with Gasteiger partial charge in [-0.05, 0) is 25.5 Å². The summed E-state index contributed by atoms with van der Waals surface area (Å²) in [6, 6.07) is 8.07. The molecule has 0 aliphatic carbocycles. The lowest BCUT2D eigenvalue weighted by molar-refractivity contribution is 0.102. The number of rotatable bonds is 2. The second-order valence-electron chi connectivity index (χ2n) is 4.69. The van der Waals surface area contributed by atoms with Crippen molar-refractivity contribution in [1.82, 2.24) is 9.55 Å². The van der Waals surface area contributed by atoms with Crippen molar-refractivity contribution in [2.75, 3.05) is 12.3 Å². The number of hydrogen-bond donors (Lipinski definition) is 1. The molecular formula is C13H17N3O. The predicted molar refractivity (Wildman–Crippen MR) is 67.7 cm³/mol. The van der Waals surface area contributed by atoms with E-state index in [1.807, 2.05) is 18.2 Å². The van der Waals surface area contributed by atoms with Crippen LogP contribution in [0.3, 0.4) is 0 Å². The normalized spacial score (nSPS) is 24.5. The molecule has 17 heavy (non-hydrogen) atoms. The van der Waals surface area contributed by atoms with Gasteiger partial charge in [0.05, 0.1) is 17.1 Å². The van der Waals surface area contributed by atoms with Crippen LogP contribution < -0.4 is 5.73 Å². The molecule has 0 spiro atoms. The fraction of sp³-hybridized carbons (Fsp3) is 0.462. The third-order valence-electron chi connectivity index (χ3n) is 3.63. The van der Waals surface area contributed by atoms with E-state index in [9.17, 15) is 0 Å². The Bertz CT molecular complexity index is 534. The molecule has 2 heterocycles. The zero-order chi connectivity index (χ0) is 11.8. The first-order valence-electron chi connectivity index (χ1n) is 6.08. The fourth-order valence-corrected chi connectivity index (χ4v) is 2.54. The highest BCUT2D eigenvalue weighted by Gasteiger charge is 2.25. The van der Waals surface area contributed by atoms with Crippen LogP contribution in [0, 0.1) is 5.92 Å². The van der Waals surface area contributed by atoms with Crippen LogP contribution in [0.5, 0.6) is 0 Å². The summed E-state index contributed by atoms with van der Waals surface area (Å²) in [4.78, 5) is 4.38. The lowest BCUT2D eigenvalue weighted by atomic mass is 10.0. The lowest BCUT2D eigenvalue weighted by Gasteiger charge is -2.16. The van der Waals surface area contributed by atoms with Crippen molar-refractivity contribution in [1.29, 1.82) is 0 Å². The molecule has 4 heteroatoms. The molecule has 3 rings (SSSR count). The predicted octanol–water partition coefficient (Wildman–Crippen LogP) is 2.04. The lowest BCUT2D eigenvalue weighted by Crippen LogP contribution is -2.18. The molecule has 1 fully saturated rings. The van der Waals surface area contributed by atoms with Crippen LogP contribution >= 0.6 is 0 Å². The molecule has 2 N–H and O–H groups in total. The largest absolute Gasteiger partial charge is 0.378 e. The number of anilines is 1. The maximum absolute atomic E-state index is 5.99. The van der Waals surface area contributed by atoms with Crippen LogP contribution in [0.1, 0.15) is 13.3 Å². The summed E-state index contributed by atoms with van der Waals surface area (Å²) in [6.45, 7) is 3.89. The second kappa shape index (κ2) is 4.04. The molecule has 2 atom stereocenters. The number of nitrogens with zero attached hydrogens (tertiary/aromatic N) is 2. The minimum Gasteiger partial charge on any atom is -0.378 e. The molecule has 0 saturated carbocycles. The first-order valence-corrected chi connectivity index (χ1v) is 6.08. The number of nitrogen functional groups attached to an aromatic ring is 1. The Labute approximate surface area is 100 Å². The van der Waals surface area contributed by atoms with E-state index in [4.69, 9.17) is 10.5 Å². The zero-order valence-corrected chi connectivity index (χ0v) is 9.97. The van der Waals surface area contributed by atoms with Gasteiger partial charge in [0.15, 0.2) is 0 Å². The molecular weight excluding hydrogens is 214 g/mol. The molecule has 2 aromatic rings. The van der Waals surface area contributed by atoms with Crippen molar-refractivity contribution in [3.05, 3.63) is 24.3 Å². The van der Waals surface area contributed by atoms with Crippen molar-refractivity contribution in [3.63, 3.8) is 0 Å². The third-order valence-corrected chi connectivity index (χ3v) is 3.63. The summed E-state index contributed by atoms with van der Waals surface area (Å²) in [5.41, 5.74) is 8.07. The van der Waals surface area contributed by atoms with Gasteiger partial charge in [-0.15, -0.1) is 0 Å². The van der Waals surface area contributed by atoms with Crippen molar-refractivity contribution >= 4 is 17.0 Å². The molecule has 90 valence electrons. The van der Waals surface area contributed by atoms with Gasteiger partial charge < -0.3 is 15.0 Å². The molecule has 0 bridgehead atoms. The Kier molecular flexibility index (Phi) is 2.52. The average Bonchev–Trinajstić information content (AvgIpc) is 2.85. The van der Waals surface area contributed by atoms with Gasteiger partial charge in [-0.25, -0.2) is 4.98 Å². The first kappa shape index (κ1) is 10.6. The number of benzene rings is 1. The Morgan fingerprint density at radius 2 is 2.29 bits per heavy atom. The third kappa shape index (κ3) is 1.78. The molecule has 4 nitrogen and oxygen atoms in total. The molecule has 0 radical (unpaired) electrons. The smallest absolute Gasteiger partial charge is 0.201 e. The Morgan fingerprint density at radius 3 is 3.06 bits per heavy atom. The fourth-order valence-electron chi connectivity index (χ4n) is 2.54. The SMILES string of the molecule is CC1OCCC1Cn1c(N)nc2ccccc21. The van der Waals surface area contributed by atoms with E-state index in [1.165, 1.54) is 0 Å². The number of ether oxygens (including phenoxy) is 1. The summed E-state index contributed by atoms with van der Waals surface area (Å²) in [5.74, 6) is 1.14. The molecule has 1 saturated heterocycles. The van der Waals surface area contributed by atoms with Crippen LogP contribution in [-0.4, -0.2) is 22.3 Å². The van der Waals surface area contributed by atoms with Crippen molar-refractivity contribution in [3.8, 4) is 0 Å². The highest BCUT2D eigenvalue weighted by Crippen LogP contribution is 2.26. The maximum Gasteiger partial charge on any atom is 0.201 e. The average molecular weight is 231 g/mol. The van der Waals surface area contributed by atoms with Gasteiger partial charge in [0.2, 0.25) is 5.95 Å². The van der Waals surface area contributed by atoms with Crippen molar-refractivity contribution < 1.29 is 4.74 Å². The number of para-hydroxylation sites is 2. The topological polar surface area (TPSA) is 53.1 Å². The number of hydrogen-bond acceptors (Lipinski definition) is 3. The number of fused-ring (bicyclic) bond motifs is 1. The minimum atomic E-state index is 0.315. The molecule has 0 amide bonds. The van der Waals surface area contributed by atoms with Gasteiger partial charge in [0.1, 0.15) is 0 Å². The molecule has 1 aromatic heterocycles. The van der Waals surface area contributed by atoms with Crippen LogP contribution in [0.15, 0.2) is 24.3 Å². The van der Waals surface area contributed by atoms with Gasteiger partial charge in [-0.2, -0.15) is 0 Å². The van der Waals surface area contributed by atoms with Crippen molar-refractivity contribution in [2.24, 2.45) is 5.92 Å². The minimum absolute atomic E-state index is 0.315. The van der Waals surface area contributed by atoms with Crippen molar-refractivity contribution in [2.45, 2.75) is 26.0 Å². The Balaban J connectivity index is 1.96. The van der Waals surface area contributed by atoms with Crippen LogP contribution in [0.2, 0.25) is 0 Å². The van der Waals surface area contributed by atoms with E-state index < -0.39 is 0 Å². The maximum atomic E-state index is 5.99. The number of imidazole rings is 1. The monoisotopic (exact) mass is 231 g/mol. The molecule has 1 aliphatic heterocycles. The summed E-state index contributed by atoms with van der Waals surface area (Å²) < 4.78 is 7.69. The highest BCUT2D eigenvalue weighted by atomic mass is 16.5. The first-order chi connectivity index (χ1) is 8.25. The molecule has 1 aromatic carbocycles.